The fourth-order valence-electron chi connectivity index (χ4n) is 8.74. The highest BCUT2D eigenvalue weighted by Gasteiger charge is 2.20. The zero-order chi connectivity index (χ0) is 41.0. The zero-order valence-electron chi connectivity index (χ0n) is 33.2. The average Bonchev–Trinajstić information content (AvgIpc) is 3.91. The first kappa shape index (κ1) is 35.4. The van der Waals surface area contributed by atoms with Crippen molar-refractivity contribution in [1.82, 2.24) is 29.5 Å². The smallest absolute Gasteiger partial charge is 0.164 e. The number of fused-ring (bicyclic) bond motifs is 6. The summed E-state index contributed by atoms with van der Waals surface area (Å²) in [6, 6.07) is 66.4. The van der Waals surface area contributed by atoms with Gasteiger partial charge in [-0.1, -0.05) is 158 Å². The van der Waals surface area contributed by atoms with Crippen molar-refractivity contribution >= 4 is 43.7 Å². The van der Waals surface area contributed by atoms with Crippen LogP contribution in [0.15, 0.2) is 211 Å². The topological polar surface area (TPSA) is 82.5 Å². The van der Waals surface area contributed by atoms with Crippen molar-refractivity contribution in [3.8, 4) is 73.5 Å². The lowest BCUT2D eigenvalue weighted by Crippen LogP contribution is -2.01. The minimum Gasteiger partial charge on any atom is -0.456 e. The SMILES string of the molecule is c1ccc(-c2nc(-c3ccc(-c4cnc(-c5cccc6c5c5ccccc5n6-c5ccccc5)nc4)cc3)nc(-c3ccccc3-c3cccc4oc5ccccc5c34)n2)cc1. The van der Waals surface area contributed by atoms with Crippen LogP contribution in [0.5, 0.6) is 0 Å². The van der Waals surface area contributed by atoms with E-state index in [0.29, 0.717) is 23.3 Å². The van der Waals surface area contributed by atoms with E-state index in [1.54, 1.807) is 0 Å². The van der Waals surface area contributed by atoms with Crippen LogP contribution in [0.2, 0.25) is 0 Å². The predicted molar refractivity (Wildman–Crippen MR) is 250 cm³/mol. The van der Waals surface area contributed by atoms with E-state index in [0.717, 1.165) is 93.9 Å². The Morgan fingerprint density at radius 2 is 0.871 bits per heavy atom. The van der Waals surface area contributed by atoms with Gasteiger partial charge in [0.1, 0.15) is 11.2 Å². The van der Waals surface area contributed by atoms with Crippen molar-refractivity contribution in [3.05, 3.63) is 207 Å². The third kappa shape index (κ3) is 5.94. The standard InChI is InChI=1S/C55H34N6O/c1-3-15-36(16-4-1)52-58-53(60-55(59-52)42-20-8-7-19-40(42)41-23-14-28-49-51(41)44-22-10-12-27-48(44)62-49)37-31-29-35(30-32-37)38-33-56-54(57-34-38)45-24-13-26-47-50(45)43-21-9-11-25-46(43)61(47)39-17-5-2-6-18-39/h1-34H. The summed E-state index contributed by atoms with van der Waals surface area (Å²) in [4.78, 5) is 25.2. The molecule has 0 unspecified atom stereocenters. The van der Waals surface area contributed by atoms with Gasteiger partial charge in [0, 0.05) is 67.4 Å². The quantitative estimate of drug-likeness (QED) is 0.160. The Balaban J connectivity index is 0.919. The number of furan rings is 1. The third-order valence-electron chi connectivity index (χ3n) is 11.6. The summed E-state index contributed by atoms with van der Waals surface area (Å²) in [6.07, 6.45) is 3.81. The number of aromatic nitrogens is 6. The molecule has 0 atom stereocenters. The lowest BCUT2D eigenvalue weighted by atomic mass is 9.95. The third-order valence-corrected chi connectivity index (χ3v) is 11.6. The van der Waals surface area contributed by atoms with Crippen molar-refractivity contribution in [1.29, 1.82) is 0 Å². The number of rotatable bonds is 7. The van der Waals surface area contributed by atoms with Crippen molar-refractivity contribution in [3.63, 3.8) is 0 Å². The van der Waals surface area contributed by atoms with Crippen molar-refractivity contribution < 1.29 is 4.42 Å². The summed E-state index contributed by atoms with van der Waals surface area (Å²) in [5, 5.41) is 4.42. The molecule has 0 N–H and O–H groups in total. The fourth-order valence-corrected chi connectivity index (χ4v) is 8.74. The van der Waals surface area contributed by atoms with Gasteiger partial charge in [0.2, 0.25) is 0 Å². The van der Waals surface area contributed by atoms with Gasteiger partial charge in [-0.2, -0.15) is 0 Å². The maximum atomic E-state index is 6.28. The first-order valence-electron chi connectivity index (χ1n) is 20.6. The van der Waals surface area contributed by atoms with Gasteiger partial charge < -0.3 is 8.98 Å². The molecule has 0 aliphatic heterocycles. The molecular formula is C55H34N6O. The van der Waals surface area contributed by atoms with Gasteiger partial charge in [0.15, 0.2) is 23.3 Å². The van der Waals surface area contributed by atoms with Gasteiger partial charge in [0.05, 0.1) is 11.0 Å². The molecule has 0 amide bonds. The van der Waals surface area contributed by atoms with E-state index in [2.05, 4.69) is 126 Å². The normalized spacial score (nSPS) is 11.5. The minimum atomic E-state index is 0.580. The molecule has 12 rings (SSSR count). The number of hydrogen-bond acceptors (Lipinski definition) is 6. The van der Waals surface area contributed by atoms with Gasteiger partial charge >= 0.3 is 0 Å². The fraction of sp³-hybridized carbons (Fsp3) is 0. The molecule has 8 aromatic carbocycles. The Morgan fingerprint density at radius 1 is 0.323 bits per heavy atom. The molecule has 0 aliphatic rings. The van der Waals surface area contributed by atoms with Crippen LogP contribution in [-0.2, 0) is 0 Å². The van der Waals surface area contributed by atoms with Gasteiger partial charge in [-0.05, 0) is 53.1 Å². The van der Waals surface area contributed by atoms with Gasteiger partial charge in [0.25, 0.3) is 0 Å². The number of nitrogens with zero attached hydrogens (tertiary/aromatic N) is 6. The van der Waals surface area contributed by atoms with Crippen LogP contribution in [-0.4, -0.2) is 29.5 Å². The van der Waals surface area contributed by atoms with Crippen molar-refractivity contribution in [2.75, 3.05) is 0 Å². The van der Waals surface area contributed by atoms with Crippen molar-refractivity contribution in [2.45, 2.75) is 0 Å². The van der Waals surface area contributed by atoms with E-state index in [1.165, 1.54) is 0 Å². The molecule has 4 heterocycles. The highest BCUT2D eigenvalue weighted by atomic mass is 16.3. The zero-order valence-corrected chi connectivity index (χ0v) is 33.2. The second kappa shape index (κ2) is 14.6. The molecule has 0 bridgehead atoms. The molecule has 290 valence electrons. The Kier molecular flexibility index (Phi) is 8.35. The van der Waals surface area contributed by atoms with Crippen LogP contribution in [0.4, 0.5) is 0 Å². The molecule has 62 heavy (non-hydrogen) atoms. The Hall–Kier alpha value is -8.55. The maximum Gasteiger partial charge on any atom is 0.164 e. The Bertz CT molecular complexity index is 3620. The lowest BCUT2D eigenvalue weighted by Gasteiger charge is -2.13. The Morgan fingerprint density at radius 3 is 1.66 bits per heavy atom. The molecule has 0 radical (unpaired) electrons. The number of hydrogen-bond donors (Lipinski definition) is 0. The predicted octanol–water partition coefficient (Wildman–Crippen LogP) is 13.7. The van der Waals surface area contributed by atoms with E-state index in [1.807, 2.05) is 85.2 Å². The summed E-state index contributed by atoms with van der Waals surface area (Å²) in [5.41, 5.74) is 12.7. The van der Waals surface area contributed by atoms with Crippen LogP contribution >= 0.6 is 0 Å². The second-order valence-corrected chi connectivity index (χ2v) is 15.3. The summed E-state index contributed by atoms with van der Waals surface area (Å²) >= 11 is 0. The largest absolute Gasteiger partial charge is 0.456 e. The van der Waals surface area contributed by atoms with E-state index < -0.39 is 0 Å². The van der Waals surface area contributed by atoms with Gasteiger partial charge in [-0.15, -0.1) is 0 Å². The first-order valence-corrected chi connectivity index (χ1v) is 20.6. The highest BCUT2D eigenvalue weighted by Crippen LogP contribution is 2.41. The molecule has 0 saturated heterocycles. The molecule has 7 heteroatoms. The van der Waals surface area contributed by atoms with Crippen molar-refractivity contribution in [2.24, 2.45) is 0 Å². The monoisotopic (exact) mass is 794 g/mol. The van der Waals surface area contributed by atoms with E-state index in [9.17, 15) is 0 Å². The molecule has 4 aromatic heterocycles. The van der Waals surface area contributed by atoms with Crippen LogP contribution in [0, 0.1) is 0 Å². The first-order chi connectivity index (χ1) is 30.7. The average molecular weight is 795 g/mol. The molecule has 0 spiro atoms. The summed E-state index contributed by atoms with van der Waals surface area (Å²) in [6.45, 7) is 0. The molecular weight excluding hydrogens is 761 g/mol. The highest BCUT2D eigenvalue weighted by molar-refractivity contribution is 6.15. The second-order valence-electron chi connectivity index (χ2n) is 15.3. The van der Waals surface area contributed by atoms with E-state index >= 15 is 0 Å². The summed E-state index contributed by atoms with van der Waals surface area (Å²) < 4.78 is 8.59. The maximum absolute atomic E-state index is 6.28. The Labute approximate surface area is 356 Å². The van der Waals surface area contributed by atoms with E-state index in [-0.39, 0.29) is 0 Å². The molecule has 0 fully saturated rings. The van der Waals surface area contributed by atoms with Crippen LogP contribution in [0.3, 0.4) is 0 Å². The lowest BCUT2D eigenvalue weighted by molar-refractivity contribution is 0.669. The minimum absolute atomic E-state index is 0.580. The summed E-state index contributed by atoms with van der Waals surface area (Å²) in [7, 11) is 0. The molecule has 12 aromatic rings. The molecule has 0 aliphatic carbocycles. The molecule has 0 saturated carbocycles. The van der Waals surface area contributed by atoms with Gasteiger partial charge in [-0.25, -0.2) is 24.9 Å². The number of para-hydroxylation sites is 3. The van der Waals surface area contributed by atoms with Gasteiger partial charge in [-0.3, -0.25) is 0 Å². The van der Waals surface area contributed by atoms with Crippen LogP contribution in [0.1, 0.15) is 0 Å². The van der Waals surface area contributed by atoms with E-state index in [4.69, 9.17) is 29.3 Å². The molecule has 7 nitrogen and oxygen atoms in total. The number of benzene rings is 8. The summed E-state index contributed by atoms with van der Waals surface area (Å²) in [5.74, 6) is 2.44. The van der Waals surface area contributed by atoms with Crippen LogP contribution < -0.4 is 0 Å². The van der Waals surface area contributed by atoms with Crippen LogP contribution in [0.25, 0.3) is 117 Å².